The topological polar surface area (TPSA) is 119 Å². The van der Waals surface area contributed by atoms with E-state index in [4.69, 9.17) is 5.73 Å². The van der Waals surface area contributed by atoms with Gasteiger partial charge in [-0.25, -0.2) is 0 Å². The molecule has 0 bridgehead atoms. The molecule has 0 aromatic heterocycles. The highest BCUT2D eigenvalue weighted by Gasteiger charge is 2.33. The predicted molar refractivity (Wildman–Crippen MR) is 92.7 cm³/mol. The third kappa shape index (κ3) is 5.72. The first kappa shape index (κ1) is 19.8. The first-order valence-corrected chi connectivity index (χ1v) is 8.12. The third-order valence-electron chi connectivity index (χ3n) is 4.45. The Morgan fingerprint density at radius 2 is 1.43 bits per heavy atom. The fraction of sp³-hybridized carbons (Fsp3) is 0.867. The average Bonchev–Trinajstić information content (AvgIpc) is 2.46. The van der Waals surface area contributed by atoms with Crippen molar-refractivity contribution in [2.24, 2.45) is 16.0 Å². The minimum absolute atomic E-state index is 0.291. The van der Waals surface area contributed by atoms with Crippen LogP contribution in [0.15, 0.2) is 10.3 Å². The molecule has 8 heteroatoms. The maximum atomic E-state index is 9.42. The lowest BCUT2D eigenvalue weighted by Crippen LogP contribution is -2.55. The number of rotatable bonds is 2. The SMILES string of the molecule is CC1(C)NCCN(CCN)CCNC(C)(C)/C(=N\O)C/C1=N/O. The lowest BCUT2D eigenvalue weighted by atomic mass is 9.87. The zero-order valence-corrected chi connectivity index (χ0v) is 14.8. The Bertz CT molecular complexity index is 398. The fourth-order valence-corrected chi connectivity index (χ4v) is 2.70. The van der Waals surface area contributed by atoms with Crippen molar-refractivity contribution in [2.45, 2.75) is 45.2 Å². The minimum Gasteiger partial charge on any atom is -0.411 e. The summed E-state index contributed by atoms with van der Waals surface area (Å²) in [6.45, 7) is 12.5. The maximum Gasteiger partial charge on any atom is 0.0823 e. The van der Waals surface area contributed by atoms with Crippen LogP contribution in [0.4, 0.5) is 0 Å². The van der Waals surface area contributed by atoms with Crippen molar-refractivity contribution in [3.05, 3.63) is 0 Å². The van der Waals surface area contributed by atoms with Gasteiger partial charge in [-0.2, -0.15) is 0 Å². The van der Waals surface area contributed by atoms with Crippen LogP contribution < -0.4 is 16.4 Å². The van der Waals surface area contributed by atoms with E-state index in [1.807, 2.05) is 27.7 Å². The van der Waals surface area contributed by atoms with Crippen LogP contribution in [-0.2, 0) is 0 Å². The van der Waals surface area contributed by atoms with E-state index in [-0.39, 0.29) is 0 Å². The number of hydrogen-bond donors (Lipinski definition) is 5. The van der Waals surface area contributed by atoms with E-state index in [9.17, 15) is 10.4 Å². The van der Waals surface area contributed by atoms with E-state index in [1.54, 1.807) is 0 Å². The van der Waals surface area contributed by atoms with Gasteiger partial charge in [-0.15, -0.1) is 0 Å². The van der Waals surface area contributed by atoms with Gasteiger partial charge in [0.1, 0.15) is 0 Å². The van der Waals surface area contributed by atoms with Gasteiger partial charge in [0.2, 0.25) is 0 Å². The molecule has 0 aliphatic carbocycles. The molecule has 0 radical (unpaired) electrons. The first-order valence-electron chi connectivity index (χ1n) is 8.12. The summed E-state index contributed by atoms with van der Waals surface area (Å²) in [5, 5.41) is 32.5. The summed E-state index contributed by atoms with van der Waals surface area (Å²) >= 11 is 0. The number of nitrogens with one attached hydrogen (secondary N) is 2. The van der Waals surface area contributed by atoms with Gasteiger partial charge in [-0.3, -0.25) is 4.90 Å². The standard InChI is InChI=1S/C15H32N6O2/c1-14(2)12(19-22)11-13(20-23)15(3,4)18-7-10-21(8-5-16)9-6-17-14/h17-18,22-23H,5-11,16H2,1-4H3/b19-12-,20-13-. The van der Waals surface area contributed by atoms with Gasteiger partial charge in [-0.1, -0.05) is 10.3 Å². The lowest BCUT2D eigenvalue weighted by Gasteiger charge is -2.34. The van der Waals surface area contributed by atoms with Gasteiger partial charge >= 0.3 is 0 Å². The molecule has 1 rings (SSSR count). The summed E-state index contributed by atoms with van der Waals surface area (Å²) in [6.07, 6.45) is 0.291. The number of hydrogen-bond acceptors (Lipinski definition) is 8. The van der Waals surface area contributed by atoms with E-state index in [0.717, 1.165) is 32.7 Å². The molecule has 1 fully saturated rings. The van der Waals surface area contributed by atoms with Gasteiger partial charge in [-0.05, 0) is 27.7 Å². The molecule has 0 saturated carbocycles. The van der Waals surface area contributed by atoms with Crippen molar-refractivity contribution in [1.29, 1.82) is 0 Å². The monoisotopic (exact) mass is 328 g/mol. The van der Waals surface area contributed by atoms with Crippen molar-refractivity contribution < 1.29 is 10.4 Å². The highest BCUT2D eigenvalue weighted by molar-refractivity contribution is 6.11. The normalized spacial score (nSPS) is 27.5. The second kappa shape index (κ2) is 8.58. The molecule has 0 amide bonds. The zero-order valence-electron chi connectivity index (χ0n) is 14.8. The van der Waals surface area contributed by atoms with Crippen LogP contribution in [0.25, 0.3) is 0 Å². The third-order valence-corrected chi connectivity index (χ3v) is 4.45. The number of nitrogens with two attached hydrogens (primary N) is 1. The molecular weight excluding hydrogens is 296 g/mol. The van der Waals surface area contributed by atoms with E-state index >= 15 is 0 Å². The molecule has 0 aromatic carbocycles. The van der Waals surface area contributed by atoms with Crippen molar-refractivity contribution in [3.8, 4) is 0 Å². The van der Waals surface area contributed by atoms with Crippen LogP contribution in [0.1, 0.15) is 34.1 Å². The van der Waals surface area contributed by atoms with E-state index < -0.39 is 11.1 Å². The van der Waals surface area contributed by atoms with Crippen molar-refractivity contribution in [1.82, 2.24) is 15.5 Å². The maximum absolute atomic E-state index is 9.42. The Hall–Kier alpha value is -1.22. The molecule has 0 aromatic rings. The Labute approximate surface area is 138 Å². The molecule has 1 saturated heterocycles. The van der Waals surface area contributed by atoms with Gasteiger partial charge in [0.05, 0.1) is 22.5 Å². The summed E-state index contributed by atoms with van der Waals surface area (Å²) < 4.78 is 0. The quantitative estimate of drug-likeness (QED) is 0.361. The molecular formula is C15H32N6O2. The van der Waals surface area contributed by atoms with Crippen molar-refractivity contribution >= 4 is 11.4 Å². The number of nitrogens with zero attached hydrogens (tertiary/aromatic N) is 3. The van der Waals surface area contributed by atoms with Crippen molar-refractivity contribution in [3.63, 3.8) is 0 Å². The molecule has 8 nitrogen and oxygen atoms in total. The van der Waals surface area contributed by atoms with Gasteiger partial charge < -0.3 is 26.8 Å². The summed E-state index contributed by atoms with van der Waals surface area (Å²) in [4.78, 5) is 2.28. The van der Waals surface area contributed by atoms with Gasteiger partial charge in [0, 0.05) is 45.7 Å². The summed E-state index contributed by atoms with van der Waals surface area (Å²) in [7, 11) is 0. The van der Waals surface area contributed by atoms with Gasteiger partial charge in [0.15, 0.2) is 0 Å². The van der Waals surface area contributed by atoms with E-state index in [2.05, 4.69) is 25.8 Å². The molecule has 0 unspecified atom stereocenters. The smallest absolute Gasteiger partial charge is 0.0823 e. The summed E-state index contributed by atoms with van der Waals surface area (Å²) in [5.74, 6) is 0. The van der Waals surface area contributed by atoms with Crippen LogP contribution in [0, 0.1) is 0 Å². The Morgan fingerprint density at radius 3 is 1.78 bits per heavy atom. The van der Waals surface area contributed by atoms with Crippen LogP contribution in [0.5, 0.6) is 0 Å². The highest BCUT2D eigenvalue weighted by atomic mass is 16.4. The number of oxime groups is 2. The van der Waals surface area contributed by atoms with Crippen LogP contribution in [-0.4, -0.2) is 77.1 Å². The largest absolute Gasteiger partial charge is 0.411 e. The zero-order chi connectivity index (χ0) is 17.5. The average molecular weight is 328 g/mol. The molecule has 134 valence electrons. The fourth-order valence-electron chi connectivity index (χ4n) is 2.70. The van der Waals surface area contributed by atoms with E-state index in [0.29, 0.717) is 24.4 Å². The Kier molecular flexibility index (Phi) is 7.40. The van der Waals surface area contributed by atoms with E-state index in [1.165, 1.54) is 0 Å². The minimum atomic E-state index is -0.506. The molecule has 0 atom stereocenters. The summed E-state index contributed by atoms with van der Waals surface area (Å²) in [5.41, 5.74) is 5.74. The molecule has 23 heavy (non-hydrogen) atoms. The molecule has 0 spiro atoms. The molecule has 1 heterocycles. The van der Waals surface area contributed by atoms with Crippen LogP contribution >= 0.6 is 0 Å². The summed E-state index contributed by atoms with van der Waals surface area (Å²) in [6, 6.07) is 0. The molecule has 1 aliphatic heterocycles. The second-order valence-corrected chi connectivity index (χ2v) is 7.00. The second-order valence-electron chi connectivity index (χ2n) is 7.00. The Morgan fingerprint density at radius 1 is 1.00 bits per heavy atom. The highest BCUT2D eigenvalue weighted by Crippen LogP contribution is 2.16. The lowest BCUT2D eigenvalue weighted by molar-refractivity contribution is 0.260. The predicted octanol–water partition coefficient (Wildman–Crippen LogP) is 0.0476. The van der Waals surface area contributed by atoms with Crippen molar-refractivity contribution in [2.75, 3.05) is 39.3 Å². The first-order chi connectivity index (χ1) is 10.8. The molecule has 1 aliphatic rings. The van der Waals surface area contributed by atoms with Crippen LogP contribution in [0.2, 0.25) is 0 Å². The van der Waals surface area contributed by atoms with Gasteiger partial charge in [0.25, 0.3) is 0 Å². The van der Waals surface area contributed by atoms with Crippen LogP contribution in [0.3, 0.4) is 0 Å². The Balaban J connectivity index is 3.02. The molecule has 6 N–H and O–H groups in total.